The first-order valence-corrected chi connectivity index (χ1v) is 5.00. The Balaban J connectivity index is 2.66. The fourth-order valence-corrected chi connectivity index (χ4v) is 1.07. The summed E-state index contributed by atoms with van der Waals surface area (Å²) in [5, 5.41) is 8.95. The molecule has 1 atom stereocenters. The van der Waals surface area contributed by atoms with Crippen LogP contribution in [0.5, 0.6) is 5.75 Å². The van der Waals surface area contributed by atoms with Gasteiger partial charge in [0.05, 0.1) is 12.7 Å². The predicted molar refractivity (Wildman–Crippen MR) is 57.3 cm³/mol. The zero-order chi connectivity index (χ0) is 10.6. The molecule has 0 spiro atoms. The maximum atomic E-state index is 8.95. The summed E-state index contributed by atoms with van der Waals surface area (Å²) in [4.78, 5) is 0. The molecular formula is C12H18O2. The first-order chi connectivity index (χ1) is 6.63. The molecule has 0 saturated heterocycles. The summed E-state index contributed by atoms with van der Waals surface area (Å²) in [5.41, 5.74) is 0.887. The number of benzene rings is 1. The number of aliphatic hydroxyl groups excluding tert-OH is 1. The van der Waals surface area contributed by atoms with Gasteiger partial charge in [0.1, 0.15) is 5.75 Å². The third kappa shape index (κ3) is 3.04. The SMILES string of the molecule is CC(C)C(C)Oc1cccc(CO)c1. The second kappa shape index (κ2) is 5.01. The van der Waals surface area contributed by atoms with Gasteiger partial charge in [0.2, 0.25) is 0 Å². The van der Waals surface area contributed by atoms with E-state index in [1.165, 1.54) is 0 Å². The summed E-state index contributed by atoms with van der Waals surface area (Å²) in [6, 6.07) is 7.57. The van der Waals surface area contributed by atoms with E-state index in [4.69, 9.17) is 9.84 Å². The van der Waals surface area contributed by atoms with Gasteiger partial charge in [-0.05, 0) is 30.5 Å². The Morgan fingerprint density at radius 3 is 2.57 bits per heavy atom. The fourth-order valence-electron chi connectivity index (χ4n) is 1.07. The van der Waals surface area contributed by atoms with Crippen LogP contribution in [0.4, 0.5) is 0 Å². The standard InChI is InChI=1S/C12H18O2/c1-9(2)10(3)14-12-6-4-5-11(7-12)8-13/h4-7,9-10,13H,8H2,1-3H3. The van der Waals surface area contributed by atoms with Gasteiger partial charge in [0, 0.05) is 0 Å². The largest absolute Gasteiger partial charge is 0.490 e. The van der Waals surface area contributed by atoms with Gasteiger partial charge in [0.15, 0.2) is 0 Å². The van der Waals surface area contributed by atoms with Crippen LogP contribution in [-0.2, 0) is 6.61 Å². The lowest BCUT2D eigenvalue weighted by atomic mass is 10.1. The molecule has 1 aromatic rings. The van der Waals surface area contributed by atoms with E-state index in [-0.39, 0.29) is 12.7 Å². The molecule has 0 radical (unpaired) electrons. The quantitative estimate of drug-likeness (QED) is 0.798. The molecule has 1 aromatic carbocycles. The Hall–Kier alpha value is -1.02. The van der Waals surface area contributed by atoms with E-state index in [0.717, 1.165) is 11.3 Å². The van der Waals surface area contributed by atoms with Crippen LogP contribution in [-0.4, -0.2) is 11.2 Å². The zero-order valence-electron chi connectivity index (χ0n) is 9.03. The van der Waals surface area contributed by atoms with Crippen molar-refractivity contribution >= 4 is 0 Å². The Morgan fingerprint density at radius 2 is 2.00 bits per heavy atom. The van der Waals surface area contributed by atoms with Gasteiger partial charge in [0.25, 0.3) is 0 Å². The van der Waals surface area contributed by atoms with Gasteiger partial charge in [-0.3, -0.25) is 0 Å². The van der Waals surface area contributed by atoms with Crippen molar-refractivity contribution in [2.75, 3.05) is 0 Å². The molecule has 0 bridgehead atoms. The van der Waals surface area contributed by atoms with Crippen molar-refractivity contribution in [3.8, 4) is 5.75 Å². The molecule has 0 saturated carbocycles. The summed E-state index contributed by atoms with van der Waals surface area (Å²) in [7, 11) is 0. The highest BCUT2D eigenvalue weighted by molar-refractivity contribution is 5.28. The topological polar surface area (TPSA) is 29.5 Å². The van der Waals surface area contributed by atoms with E-state index < -0.39 is 0 Å². The fraction of sp³-hybridized carbons (Fsp3) is 0.500. The van der Waals surface area contributed by atoms with E-state index in [1.54, 1.807) is 0 Å². The van der Waals surface area contributed by atoms with Crippen molar-refractivity contribution in [3.63, 3.8) is 0 Å². The third-order valence-corrected chi connectivity index (χ3v) is 2.34. The molecule has 1 unspecified atom stereocenters. The van der Waals surface area contributed by atoms with Gasteiger partial charge < -0.3 is 9.84 Å². The molecule has 2 heteroatoms. The average Bonchev–Trinajstić information content (AvgIpc) is 2.18. The molecular weight excluding hydrogens is 176 g/mol. The van der Waals surface area contributed by atoms with E-state index in [9.17, 15) is 0 Å². The highest BCUT2D eigenvalue weighted by atomic mass is 16.5. The molecule has 0 amide bonds. The van der Waals surface area contributed by atoms with E-state index in [1.807, 2.05) is 24.3 Å². The van der Waals surface area contributed by atoms with Gasteiger partial charge in [-0.2, -0.15) is 0 Å². The average molecular weight is 194 g/mol. The van der Waals surface area contributed by atoms with Crippen LogP contribution < -0.4 is 4.74 Å². The molecule has 0 heterocycles. The van der Waals surface area contributed by atoms with Gasteiger partial charge in [-0.25, -0.2) is 0 Å². The van der Waals surface area contributed by atoms with Crippen LogP contribution in [0.2, 0.25) is 0 Å². The normalized spacial score (nSPS) is 12.9. The van der Waals surface area contributed by atoms with E-state index >= 15 is 0 Å². The van der Waals surface area contributed by atoms with Crippen molar-refractivity contribution in [2.24, 2.45) is 5.92 Å². The summed E-state index contributed by atoms with van der Waals surface area (Å²) in [5.74, 6) is 1.32. The van der Waals surface area contributed by atoms with Crippen LogP contribution in [0.25, 0.3) is 0 Å². The third-order valence-electron chi connectivity index (χ3n) is 2.34. The molecule has 0 aromatic heterocycles. The van der Waals surface area contributed by atoms with Crippen LogP contribution >= 0.6 is 0 Å². The summed E-state index contributed by atoms with van der Waals surface area (Å²) >= 11 is 0. The highest BCUT2D eigenvalue weighted by Gasteiger charge is 2.08. The number of hydrogen-bond donors (Lipinski definition) is 1. The van der Waals surface area contributed by atoms with Crippen molar-refractivity contribution in [2.45, 2.75) is 33.5 Å². The highest BCUT2D eigenvalue weighted by Crippen LogP contribution is 2.17. The van der Waals surface area contributed by atoms with Gasteiger partial charge in [-0.1, -0.05) is 26.0 Å². The molecule has 0 fully saturated rings. The Labute approximate surface area is 85.5 Å². The lowest BCUT2D eigenvalue weighted by molar-refractivity contribution is 0.170. The summed E-state index contributed by atoms with van der Waals surface area (Å²) in [6.45, 7) is 6.37. The maximum Gasteiger partial charge on any atom is 0.120 e. The second-order valence-electron chi connectivity index (χ2n) is 3.87. The minimum Gasteiger partial charge on any atom is -0.490 e. The zero-order valence-corrected chi connectivity index (χ0v) is 9.03. The van der Waals surface area contributed by atoms with Crippen LogP contribution in [0.1, 0.15) is 26.3 Å². The smallest absolute Gasteiger partial charge is 0.120 e. The first kappa shape index (κ1) is 11.1. The van der Waals surface area contributed by atoms with Gasteiger partial charge >= 0.3 is 0 Å². The number of hydrogen-bond acceptors (Lipinski definition) is 2. The van der Waals surface area contributed by atoms with Gasteiger partial charge in [-0.15, -0.1) is 0 Å². The molecule has 1 rings (SSSR count). The minimum atomic E-state index is 0.0628. The number of rotatable bonds is 4. The number of aliphatic hydroxyl groups is 1. The van der Waals surface area contributed by atoms with Crippen LogP contribution in [0, 0.1) is 5.92 Å². The van der Waals surface area contributed by atoms with Crippen molar-refractivity contribution < 1.29 is 9.84 Å². The molecule has 78 valence electrons. The first-order valence-electron chi connectivity index (χ1n) is 5.00. The second-order valence-corrected chi connectivity index (χ2v) is 3.87. The summed E-state index contributed by atoms with van der Waals surface area (Å²) < 4.78 is 5.71. The Kier molecular flexibility index (Phi) is 3.96. The van der Waals surface area contributed by atoms with Crippen molar-refractivity contribution in [1.82, 2.24) is 0 Å². The Bertz CT molecular complexity index is 281. The molecule has 14 heavy (non-hydrogen) atoms. The van der Waals surface area contributed by atoms with E-state index in [2.05, 4.69) is 20.8 Å². The molecule has 0 aliphatic carbocycles. The monoisotopic (exact) mass is 194 g/mol. The van der Waals surface area contributed by atoms with E-state index in [0.29, 0.717) is 5.92 Å². The molecule has 1 N–H and O–H groups in total. The van der Waals surface area contributed by atoms with Crippen LogP contribution in [0.3, 0.4) is 0 Å². The predicted octanol–water partition coefficient (Wildman–Crippen LogP) is 2.60. The summed E-state index contributed by atoms with van der Waals surface area (Å²) in [6.07, 6.45) is 0.198. The molecule has 0 aliphatic rings. The van der Waals surface area contributed by atoms with Crippen molar-refractivity contribution in [3.05, 3.63) is 29.8 Å². The lowest BCUT2D eigenvalue weighted by Gasteiger charge is -2.18. The lowest BCUT2D eigenvalue weighted by Crippen LogP contribution is -2.18. The minimum absolute atomic E-state index is 0.0628. The maximum absolute atomic E-state index is 8.95. The number of ether oxygens (including phenoxy) is 1. The molecule has 2 nitrogen and oxygen atoms in total. The Morgan fingerprint density at radius 1 is 1.29 bits per heavy atom. The van der Waals surface area contributed by atoms with Crippen molar-refractivity contribution in [1.29, 1.82) is 0 Å². The van der Waals surface area contributed by atoms with Crippen LogP contribution in [0.15, 0.2) is 24.3 Å². The molecule has 0 aliphatic heterocycles.